The molecule has 0 saturated carbocycles. The second-order valence-corrected chi connectivity index (χ2v) is 6.76. The van der Waals surface area contributed by atoms with Gasteiger partial charge in [0.15, 0.2) is 0 Å². The van der Waals surface area contributed by atoms with Gasteiger partial charge < -0.3 is 15.1 Å². The lowest BCUT2D eigenvalue weighted by atomic mass is 10.1. The highest BCUT2D eigenvalue weighted by Crippen LogP contribution is 2.09. The summed E-state index contributed by atoms with van der Waals surface area (Å²) < 4.78 is 0. The molecule has 0 amide bonds. The predicted octanol–water partition coefficient (Wildman–Crippen LogP) is 4.36. The number of aliphatic hydroxyl groups is 2. The van der Waals surface area contributed by atoms with Gasteiger partial charge in [-0.2, -0.15) is 0 Å². The molecule has 2 N–H and O–H groups in total. The van der Waals surface area contributed by atoms with Gasteiger partial charge in [-0.1, -0.05) is 64.7 Å². The van der Waals surface area contributed by atoms with Crippen molar-refractivity contribution in [1.82, 2.24) is 4.90 Å². The van der Waals surface area contributed by atoms with Gasteiger partial charge in [0.2, 0.25) is 0 Å². The number of nitrogens with zero attached hydrogens (tertiary/aromatic N) is 1. The smallest absolute Gasteiger partial charge is 0.0639 e. The summed E-state index contributed by atoms with van der Waals surface area (Å²) in [6, 6.07) is 0. The molecule has 0 aromatic rings. The molecule has 0 rings (SSSR count). The highest BCUT2D eigenvalue weighted by Gasteiger charge is 2.07. The van der Waals surface area contributed by atoms with Crippen molar-refractivity contribution in [3.8, 4) is 0 Å². The molecule has 0 fully saturated rings. The van der Waals surface area contributed by atoms with Crippen molar-refractivity contribution in [3.63, 3.8) is 0 Å². The van der Waals surface area contributed by atoms with Crippen molar-refractivity contribution >= 4 is 0 Å². The Morgan fingerprint density at radius 1 is 0.727 bits per heavy atom. The summed E-state index contributed by atoms with van der Waals surface area (Å²) in [5.41, 5.74) is 0. The summed E-state index contributed by atoms with van der Waals surface area (Å²) in [4.78, 5) is 2.44. The summed E-state index contributed by atoms with van der Waals surface area (Å²) in [5.74, 6) is 0. The van der Waals surface area contributed by atoms with Gasteiger partial charge in [0.25, 0.3) is 0 Å². The van der Waals surface area contributed by atoms with Gasteiger partial charge in [-0.3, -0.25) is 0 Å². The third kappa shape index (κ3) is 16.3. The Kier molecular flexibility index (Phi) is 17.1. The zero-order valence-corrected chi connectivity index (χ0v) is 15.2. The topological polar surface area (TPSA) is 43.7 Å². The third-order valence-corrected chi connectivity index (χ3v) is 4.23. The third-order valence-electron chi connectivity index (χ3n) is 4.23. The monoisotopic (exact) mass is 315 g/mol. The van der Waals surface area contributed by atoms with E-state index in [1.165, 1.54) is 64.2 Å². The van der Waals surface area contributed by atoms with Crippen molar-refractivity contribution in [2.24, 2.45) is 0 Å². The van der Waals surface area contributed by atoms with Crippen LogP contribution in [-0.2, 0) is 0 Å². The molecule has 22 heavy (non-hydrogen) atoms. The number of hydrogen-bond acceptors (Lipinski definition) is 3. The van der Waals surface area contributed by atoms with E-state index in [4.69, 9.17) is 5.11 Å². The van der Waals surface area contributed by atoms with Crippen molar-refractivity contribution in [2.45, 2.75) is 97.0 Å². The Labute approximate surface area is 139 Å². The Morgan fingerprint density at radius 3 is 1.64 bits per heavy atom. The van der Waals surface area contributed by atoms with E-state index in [1.807, 2.05) is 6.92 Å². The Hall–Kier alpha value is -0.120. The zero-order valence-electron chi connectivity index (χ0n) is 15.2. The quantitative estimate of drug-likeness (QED) is 0.392. The largest absolute Gasteiger partial charge is 0.396 e. The van der Waals surface area contributed by atoms with Crippen LogP contribution in [0.4, 0.5) is 0 Å². The summed E-state index contributed by atoms with van der Waals surface area (Å²) in [6.45, 7) is 7.57. The average molecular weight is 316 g/mol. The molecular weight excluding hydrogens is 274 g/mol. The van der Waals surface area contributed by atoms with E-state index in [0.29, 0.717) is 6.61 Å². The molecular formula is C19H41NO2. The fourth-order valence-electron chi connectivity index (χ4n) is 2.94. The molecule has 0 aromatic heterocycles. The van der Waals surface area contributed by atoms with Crippen LogP contribution in [0.5, 0.6) is 0 Å². The van der Waals surface area contributed by atoms with Crippen LogP contribution in [0.15, 0.2) is 0 Å². The standard InChI is InChI=1S/C19H41NO2/c1-3-4-5-6-9-12-15-20(18-19(2)22)16-13-10-7-8-11-14-17-21/h19,21-22H,3-18H2,1-2H3. The van der Waals surface area contributed by atoms with Gasteiger partial charge >= 0.3 is 0 Å². The second-order valence-electron chi connectivity index (χ2n) is 6.76. The van der Waals surface area contributed by atoms with Crippen LogP contribution in [0.3, 0.4) is 0 Å². The van der Waals surface area contributed by atoms with Gasteiger partial charge in [-0.15, -0.1) is 0 Å². The van der Waals surface area contributed by atoms with Crippen molar-refractivity contribution in [3.05, 3.63) is 0 Å². The zero-order chi connectivity index (χ0) is 16.5. The van der Waals surface area contributed by atoms with Gasteiger partial charge in [-0.25, -0.2) is 0 Å². The van der Waals surface area contributed by atoms with Crippen LogP contribution in [0.25, 0.3) is 0 Å². The molecule has 0 radical (unpaired) electrons. The maximum atomic E-state index is 9.63. The van der Waals surface area contributed by atoms with Crippen LogP contribution in [-0.4, -0.2) is 47.5 Å². The van der Waals surface area contributed by atoms with Crippen LogP contribution in [0, 0.1) is 0 Å². The lowest BCUT2D eigenvalue weighted by Gasteiger charge is -2.23. The van der Waals surface area contributed by atoms with Gasteiger partial charge in [0.05, 0.1) is 6.10 Å². The molecule has 3 heteroatoms. The minimum Gasteiger partial charge on any atom is -0.396 e. The highest BCUT2D eigenvalue weighted by molar-refractivity contribution is 4.62. The number of unbranched alkanes of at least 4 members (excludes halogenated alkanes) is 10. The van der Waals surface area contributed by atoms with Crippen LogP contribution >= 0.6 is 0 Å². The normalized spacial score (nSPS) is 13.0. The van der Waals surface area contributed by atoms with Gasteiger partial charge in [0, 0.05) is 13.2 Å². The first-order valence-electron chi connectivity index (χ1n) is 9.72. The highest BCUT2D eigenvalue weighted by atomic mass is 16.3. The molecule has 0 aliphatic heterocycles. The van der Waals surface area contributed by atoms with Crippen molar-refractivity contribution in [2.75, 3.05) is 26.2 Å². The van der Waals surface area contributed by atoms with E-state index in [9.17, 15) is 5.11 Å². The van der Waals surface area contributed by atoms with Crippen LogP contribution < -0.4 is 0 Å². The summed E-state index contributed by atoms with van der Waals surface area (Å²) in [5, 5.41) is 18.4. The number of aliphatic hydroxyl groups excluding tert-OH is 2. The lowest BCUT2D eigenvalue weighted by molar-refractivity contribution is 0.123. The molecule has 0 saturated heterocycles. The average Bonchev–Trinajstić information content (AvgIpc) is 2.49. The summed E-state index contributed by atoms with van der Waals surface area (Å²) in [6.07, 6.45) is 14.9. The molecule has 1 unspecified atom stereocenters. The maximum absolute atomic E-state index is 9.63. The van der Waals surface area contributed by atoms with Gasteiger partial charge in [0.1, 0.15) is 0 Å². The van der Waals surface area contributed by atoms with Crippen molar-refractivity contribution < 1.29 is 10.2 Å². The number of rotatable bonds is 17. The fraction of sp³-hybridized carbons (Fsp3) is 1.00. The van der Waals surface area contributed by atoms with Crippen LogP contribution in [0.2, 0.25) is 0 Å². The minimum atomic E-state index is -0.218. The molecule has 134 valence electrons. The summed E-state index contributed by atoms with van der Waals surface area (Å²) >= 11 is 0. The molecule has 0 heterocycles. The first kappa shape index (κ1) is 21.9. The molecule has 0 spiro atoms. The Morgan fingerprint density at radius 2 is 1.18 bits per heavy atom. The molecule has 0 bridgehead atoms. The Bertz CT molecular complexity index is 210. The van der Waals surface area contributed by atoms with Crippen molar-refractivity contribution in [1.29, 1.82) is 0 Å². The second kappa shape index (κ2) is 17.2. The predicted molar refractivity (Wildman–Crippen MR) is 96.3 cm³/mol. The van der Waals surface area contributed by atoms with E-state index in [0.717, 1.165) is 32.5 Å². The van der Waals surface area contributed by atoms with E-state index in [2.05, 4.69) is 11.8 Å². The molecule has 1 atom stereocenters. The first-order chi connectivity index (χ1) is 10.7. The van der Waals surface area contributed by atoms with E-state index in [-0.39, 0.29) is 6.10 Å². The van der Waals surface area contributed by atoms with E-state index in [1.54, 1.807) is 0 Å². The lowest BCUT2D eigenvalue weighted by Crippen LogP contribution is -2.32. The summed E-state index contributed by atoms with van der Waals surface area (Å²) in [7, 11) is 0. The Balaban J connectivity index is 3.61. The number of hydrogen-bond donors (Lipinski definition) is 2. The maximum Gasteiger partial charge on any atom is 0.0639 e. The van der Waals surface area contributed by atoms with E-state index >= 15 is 0 Å². The SMILES string of the molecule is CCCCCCCCN(CCCCCCCCO)CC(C)O. The first-order valence-corrected chi connectivity index (χ1v) is 9.72. The minimum absolute atomic E-state index is 0.218. The molecule has 3 nitrogen and oxygen atoms in total. The van der Waals surface area contributed by atoms with Crippen LogP contribution in [0.1, 0.15) is 90.9 Å². The molecule has 0 aromatic carbocycles. The molecule has 0 aliphatic rings. The van der Waals surface area contributed by atoms with Gasteiger partial charge in [-0.05, 0) is 39.3 Å². The molecule has 0 aliphatic carbocycles. The fourth-order valence-corrected chi connectivity index (χ4v) is 2.94. The van der Waals surface area contributed by atoms with E-state index < -0.39 is 0 Å².